The number of nitrogens with zero attached hydrogens (tertiary/aromatic N) is 2. The molecule has 0 aliphatic heterocycles. The first-order chi connectivity index (χ1) is 12.5. The van der Waals surface area contributed by atoms with E-state index >= 15 is 0 Å². The molecule has 0 spiro atoms. The zero-order valence-electron chi connectivity index (χ0n) is 14.3. The molecule has 1 aromatic carbocycles. The third-order valence-electron chi connectivity index (χ3n) is 3.85. The van der Waals surface area contributed by atoms with Gasteiger partial charge in [0, 0.05) is 19.5 Å². The van der Waals surface area contributed by atoms with E-state index in [4.69, 9.17) is 5.73 Å². The third-order valence-corrected chi connectivity index (χ3v) is 6.04. The summed E-state index contributed by atoms with van der Waals surface area (Å²) in [6.45, 7) is 2.56. The average Bonchev–Trinajstić information content (AvgIpc) is 3.28. The van der Waals surface area contributed by atoms with Gasteiger partial charge >= 0.3 is 0 Å². The predicted molar refractivity (Wildman–Crippen MR) is 105 cm³/mol. The molecule has 3 rings (SSSR count). The summed E-state index contributed by atoms with van der Waals surface area (Å²) in [6, 6.07) is 13.7. The van der Waals surface area contributed by atoms with Crippen molar-refractivity contribution in [2.75, 3.05) is 6.54 Å². The van der Waals surface area contributed by atoms with Crippen LogP contribution in [0.5, 0.6) is 0 Å². The van der Waals surface area contributed by atoms with Crippen molar-refractivity contribution < 1.29 is 9.59 Å². The second kappa shape index (κ2) is 8.25. The van der Waals surface area contributed by atoms with Crippen LogP contribution in [0.3, 0.4) is 0 Å². The first-order valence-electron chi connectivity index (χ1n) is 8.17. The summed E-state index contributed by atoms with van der Waals surface area (Å²) in [4.78, 5) is 32.2. The zero-order chi connectivity index (χ0) is 18.5. The molecule has 0 aliphatic carbocycles. The lowest BCUT2D eigenvalue weighted by Gasteiger charge is -2.22. The van der Waals surface area contributed by atoms with Crippen LogP contribution in [-0.4, -0.2) is 28.2 Å². The SMILES string of the molecule is Cc1nc(-c2cccs2)sc1C(=O)N(CCC(N)=O)Cc1ccccc1. The van der Waals surface area contributed by atoms with Gasteiger partial charge in [0.25, 0.3) is 5.91 Å². The Bertz CT molecular complexity index is 889. The number of nitrogens with two attached hydrogens (primary N) is 1. The average molecular weight is 386 g/mol. The largest absolute Gasteiger partial charge is 0.370 e. The Kier molecular flexibility index (Phi) is 5.80. The van der Waals surface area contributed by atoms with Crippen LogP contribution in [0, 0.1) is 6.92 Å². The van der Waals surface area contributed by atoms with E-state index in [-0.39, 0.29) is 18.9 Å². The number of hydrogen-bond donors (Lipinski definition) is 1. The van der Waals surface area contributed by atoms with E-state index in [0.29, 0.717) is 17.1 Å². The summed E-state index contributed by atoms with van der Waals surface area (Å²) in [7, 11) is 0. The van der Waals surface area contributed by atoms with E-state index in [1.807, 2.05) is 54.8 Å². The number of aromatic nitrogens is 1. The molecule has 2 heterocycles. The van der Waals surface area contributed by atoms with Gasteiger partial charge in [-0.2, -0.15) is 0 Å². The number of aryl methyl sites for hydroxylation is 1. The van der Waals surface area contributed by atoms with Gasteiger partial charge in [-0.3, -0.25) is 9.59 Å². The molecule has 0 bridgehead atoms. The third kappa shape index (κ3) is 4.36. The summed E-state index contributed by atoms with van der Waals surface area (Å²) in [6.07, 6.45) is 0.133. The van der Waals surface area contributed by atoms with Gasteiger partial charge in [-0.15, -0.1) is 22.7 Å². The summed E-state index contributed by atoms with van der Waals surface area (Å²) in [5, 5.41) is 2.83. The van der Waals surface area contributed by atoms with Gasteiger partial charge in [0.1, 0.15) is 9.88 Å². The highest BCUT2D eigenvalue weighted by Gasteiger charge is 2.23. The highest BCUT2D eigenvalue weighted by Crippen LogP contribution is 2.32. The number of carbonyl (C=O) groups excluding carboxylic acids is 2. The number of primary amides is 1. The molecule has 0 radical (unpaired) electrons. The summed E-state index contributed by atoms with van der Waals surface area (Å²) >= 11 is 2.99. The van der Waals surface area contributed by atoms with Crippen molar-refractivity contribution in [1.29, 1.82) is 0 Å². The van der Waals surface area contributed by atoms with Gasteiger partial charge < -0.3 is 10.6 Å². The number of thiophene rings is 1. The molecular formula is C19H19N3O2S2. The maximum Gasteiger partial charge on any atom is 0.266 e. The van der Waals surface area contributed by atoms with Crippen LogP contribution in [0.2, 0.25) is 0 Å². The van der Waals surface area contributed by atoms with Gasteiger partial charge in [0.2, 0.25) is 5.91 Å². The van der Waals surface area contributed by atoms with Crippen molar-refractivity contribution in [2.45, 2.75) is 19.9 Å². The minimum Gasteiger partial charge on any atom is -0.370 e. The van der Waals surface area contributed by atoms with Gasteiger partial charge in [-0.25, -0.2) is 4.98 Å². The molecule has 26 heavy (non-hydrogen) atoms. The highest BCUT2D eigenvalue weighted by molar-refractivity contribution is 7.22. The second-order valence-electron chi connectivity index (χ2n) is 5.84. The topological polar surface area (TPSA) is 76.3 Å². The lowest BCUT2D eigenvalue weighted by molar-refractivity contribution is -0.118. The Morgan fingerprint density at radius 3 is 2.58 bits per heavy atom. The number of rotatable bonds is 7. The fourth-order valence-corrected chi connectivity index (χ4v) is 4.38. The zero-order valence-corrected chi connectivity index (χ0v) is 16.0. The molecule has 0 unspecified atom stereocenters. The van der Waals surface area contributed by atoms with Crippen LogP contribution in [0.15, 0.2) is 47.8 Å². The lowest BCUT2D eigenvalue weighted by atomic mass is 10.2. The molecule has 0 fully saturated rings. The maximum absolute atomic E-state index is 13.1. The van der Waals surface area contributed by atoms with Gasteiger partial charge in [-0.1, -0.05) is 36.4 Å². The van der Waals surface area contributed by atoms with Gasteiger partial charge in [0.15, 0.2) is 0 Å². The Labute approximate surface area is 160 Å². The van der Waals surface area contributed by atoms with Crippen LogP contribution in [-0.2, 0) is 11.3 Å². The molecule has 2 amide bonds. The van der Waals surface area contributed by atoms with Crippen molar-refractivity contribution in [3.63, 3.8) is 0 Å². The van der Waals surface area contributed by atoms with E-state index in [1.54, 1.807) is 16.2 Å². The molecular weight excluding hydrogens is 366 g/mol. The normalized spacial score (nSPS) is 10.7. The Balaban J connectivity index is 1.85. The van der Waals surface area contributed by atoms with Crippen LogP contribution >= 0.6 is 22.7 Å². The molecule has 2 N–H and O–H groups in total. The van der Waals surface area contributed by atoms with Gasteiger partial charge in [-0.05, 0) is 23.9 Å². The highest BCUT2D eigenvalue weighted by atomic mass is 32.1. The summed E-state index contributed by atoms with van der Waals surface area (Å²) in [5.74, 6) is -0.538. The van der Waals surface area contributed by atoms with Crippen molar-refractivity contribution >= 4 is 34.5 Å². The molecule has 0 aliphatic rings. The lowest BCUT2D eigenvalue weighted by Crippen LogP contribution is -2.33. The minimum absolute atomic E-state index is 0.118. The van der Waals surface area contributed by atoms with E-state index in [1.165, 1.54) is 11.3 Å². The molecule has 3 aromatic rings. The first kappa shape index (κ1) is 18.3. The second-order valence-corrected chi connectivity index (χ2v) is 7.79. The molecule has 0 saturated heterocycles. The van der Waals surface area contributed by atoms with Crippen LogP contribution in [0.25, 0.3) is 9.88 Å². The van der Waals surface area contributed by atoms with Crippen LogP contribution < -0.4 is 5.73 Å². The Morgan fingerprint density at radius 2 is 1.92 bits per heavy atom. The number of amides is 2. The van der Waals surface area contributed by atoms with Crippen molar-refractivity contribution in [3.8, 4) is 9.88 Å². The first-order valence-corrected chi connectivity index (χ1v) is 9.87. The number of hydrogen-bond acceptors (Lipinski definition) is 5. The summed E-state index contributed by atoms with van der Waals surface area (Å²) < 4.78 is 0. The van der Waals surface area contributed by atoms with E-state index in [9.17, 15) is 9.59 Å². The van der Waals surface area contributed by atoms with Gasteiger partial charge in [0.05, 0.1) is 10.6 Å². The molecule has 7 heteroatoms. The Morgan fingerprint density at radius 1 is 1.15 bits per heavy atom. The fourth-order valence-electron chi connectivity index (χ4n) is 2.55. The number of thiazole rings is 1. The van der Waals surface area contributed by atoms with Crippen molar-refractivity contribution in [1.82, 2.24) is 9.88 Å². The number of carbonyl (C=O) groups is 2. The smallest absolute Gasteiger partial charge is 0.266 e. The van der Waals surface area contributed by atoms with Crippen molar-refractivity contribution in [3.05, 3.63) is 64.0 Å². The standard InChI is InChI=1S/C19H19N3O2S2/c1-13-17(26-18(21-13)15-8-5-11-25-15)19(24)22(10-9-16(20)23)12-14-6-3-2-4-7-14/h2-8,11H,9-10,12H2,1H3,(H2,20,23). The van der Waals surface area contributed by atoms with Crippen LogP contribution in [0.1, 0.15) is 27.3 Å². The van der Waals surface area contributed by atoms with Crippen molar-refractivity contribution in [2.24, 2.45) is 5.73 Å². The molecule has 2 aromatic heterocycles. The number of benzene rings is 1. The molecule has 134 valence electrons. The molecule has 5 nitrogen and oxygen atoms in total. The quantitative estimate of drug-likeness (QED) is 0.674. The van der Waals surface area contributed by atoms with E-state index in [0.717, 1.165) is 15.4 Å². The maximum atomic E-state index is 13.1. The van der Waals surface area contributed by atoms with E-state index < -0.39 is 5.91 Å². The van der Waals surface area contributed by atoms with Crippen LogP contribution in [0.4, 0.5) is 0 Å². The fraction of sp³-hybridized carbons (Fsp3) is 0.211. The monoisotopic (exact) mass is 385 g/mol. The Hall–Kier alpha value is -2.51. The molecule has 0 saturated carbocycles. The minimum atomic E-state index is -0.420. The predicted octanol–water partition coefficient (Wildman–Crippen LogP) is 3.70. The van der Waals surface area contributed by atoms with E-state index in [2.05, 4.69) is 4.98 Å². The summed E-state index contributed by atoms with van der Waals surface area (Å²) in [5.41, 5.74) is 7.00. The molecule has 0 atom stereocenters.